The summed E-state index contributed by atoms with van der Waals surface area (Å²) < 4.78 is 10.9. The highest BCUT2D eigenvalue weighted by atomic mass is 16.5. The van der Waals surface area contributed by atoms with Crippen molar-refractivity contribution in [3.63, 3.8) is 0 Å². The zero-order valence-electron chi connectivity index (χ0n) is 17.9. The molecule has 1 rings (SSSR count). The van der Waals surface area contributed by atoms with Gasteiger partial charge in [0.1, 0.15) is 5.75 Å². The van der Waals surface area contributed by atoms with E-state index in [1.165, 1.54) is 0 Å². The molecule has 1 aromatic carbocycles. The van der Waals surface area contributed by atoms with Gasteiger partial charge >= 0.3 is 0 Å². The zero-order valence-corrected chi connectivity index (χ0v) is 17.9. The number of carbonyl (C=O) groups excluding carboxylic acids is 1. The van der Waals surface area contributed by atoms with Crippen LogP contribution in [-0.2, 0) is 4.74 Å². The van der Waals surface area contributed by atoms with E-state index in [2.05, 4.69) is 34.8 Å². The molecule has 1 amide bonds. The lowest BCUT2D eigenvalue weighted by Gasteiger charge is -2.20. The second-order valence-electron chi connectivity index (χ2n) is 6.70. The van der Waals surface area contributed by atoms with Gasteiger partial charge in [0, 0.05) is 38.3 Å². The number of amides is 1. The van der Waals surface area contributed by atoms with Gasteiger partial charge in [-0.15, -0.1) is 0 Å². The van der Waals surface area contributed by atoms with E-state index in [1.54, 1.807) is 25.3 Å². The van der Waals surface area contributed by atoms with Gasteiger partial charge in [-0.25, -0.2) is 0 Å². The molecule has 0 aliphatic carbocycles. The van der Waals surface area contributed by atoms with Crippen molar-refractivity contribution in [2.24, 2.45) is 10.9 Å². The summed E-state index contributed by atoms with van der Waals surface area (Å²) in [5, 5.41) is 9.36. The van der Waals surface area contributed by atoms with Crippen LogP contribution < -0.4 is 20.7 Å². The first-order valence-corrected chi connectivity index (χ1v) is 10.1. The minimum Gasteiger partial charge on any atom is -0.497 e. The highest BCUT2D eigenvalue weighted by Gasteiger charge is 2.12. The van der Waals surface area contributed by atoms with Crippen LogP contribution in [0.3, 0.4) is 0 Å². The van der Waals surface area contributed by atoms with Crippen molar-refractivity contribution in [2.75, 3.05) is 39.9 Å². The summed E-state index contributed by atoms with van der Waals surface area (Å²) in [4.78, 5) is 16.8. The van der Waals surface area contributed by atoms with E-state index >= 15 is 0 Å². The van der Waals surface area contributed by atoms with E-state index in [0.717, 1.165) is 25.5 Å². The number of hydrogen-bond acceptors (Lipinski definition) is 4. The van der Waals surface area contributed by atoms with Crippen LogP contribution in [0.5, 0.6) is 5.75 Å². The Kier molecular flexibility index (Phi) is 11.7. The third-order valence-corrected chi connectivity index (χ3v) is 4.19. The Bertz CT molecular complexity index is 605. The van der Waals surface area contributed by atoms with Crippen molar-refractivity contribution in [3.05, 3.63) is 29.8 Å². The van der Waals surface area contributed by atoms with Gasteiger partial charge in [-0.05, 0) is 44.4 Å². The molecular formula is C21H36N4O3. The average Bonchev–Trinajstić information content (AvgIpc) is 2.70. The highest BCUT2D eigenvalue weighted by Crippen LogP contribution is 2.12. The van der Waals surface area contributed by atoms with E-state index in [9.17, 15) is 4.79 Å². The molecule has 0 aliphatic rings. The van der Waals surface area contributed by atoms with Crippen molar-refractivity contribution in [3.8, 4) is 5.75 Å². The maximum absolute atomic E-state index is 12.2. The molecule has 1 atom stereocenters. The van der Waals surface area contributed by atoms with Gasteiger partial charge in [0.15, 0.2) is 5.96 Å². The summed E-state index contributed by atoms with van der Waals surface area (Å²) in [7, 11) is 1.58. The SMILES string of the molecule is CCNC(=NCCC(OCC)C(C)C)NCCNC(=O)c1cccc(OC)c1. The summed E-state index contributed by atoms with van der Waals surface area (Å²) >= 11 is 0. The number of nitrogens with zero attached hydrogens (tertiary/aromatic N) is 1. The topological polar surface area (TPSA) is 84.0 Å². The predicted molar refractivity (Wildman–Crippen MR) is 114 cm³/mol. The number of aliphatic imine (C=N–C) groups is 1. The largest absolute Gasteiger partial charge is 0.497 e. The maximum Gasteiger partial charge on any atom is 0.251 e. The first kappa shape index (κ1) is 23.8. The lowest BCUT2D eigenvalue weighted by atomic mass is 10.0. The van der Waals surface area contributed by atoms with Crippen LogP contribution in [0.25, 0.3) is 0 Å². The molecule has 7 nitrogen and oxygen atoms in total. The Labute approximate surface area is 169 Å². The van der Waals surface area contributed by atoms with Crippen LogP contribution in [0.1, 0.15) is 44.5 Å². The lowest BCUT2D eigenvalue weighted by Crippen LogP contribution is -2.41. The van der Waals surface area contributed by atoms with Gasteiger partial charge in [-0.1, -0.05) is 19.9 Å². The second kappa shape index (κ2) is 13.8. The van der Waals surface area contributed by atoms with E-state index in [0.29, 0.717) is 36.9 Å². The Hall–Kier alpha value is -2.28. The highest BCUT2D eigenvalue weighted by molar-refractivity contribution is 5.94. The van der Waals surface area contributed by atoms with Crippen molar-refractivity contribution in [1.82, 2.24) is 16.0 Å². The van der Waals surface area contributed by atoms with Crippen LogP contribution in [0.15, 0.2) is 29.3 Å². The third kappa shape index (κ3) is 9.08. The monoisotopic (exact) mass is 392 g/mol. The fourth-order valence-corrected chi connectivity index (χ4v) is 2.69. The Morgan fingerprint density at radius 1 is 1.14 bits per heavy atom. The third-order valence-electron chi connectivity index (χ3n) is 4.19. The first-order chi connectivity index (χ1) is 13.5. The number of guanidine groups is 1. The van der Waals surface area contributed by atoms with Crippen LogP contribution in [0.4, 0.5) is 0 Å². The summed E-state index contributed by atoms with van der Waals surface area (Å²) in [5.41, 5.74) is 0.579. The number of nitrogens with one attached hydrogen (secondary N) is 3. The molecular weight excluding hydrogens is 356 g/mol. The normalized spacial score (nSPS) is 12.6. The molecule has 0 heterocycles. The van der Waals surface area contributed by atoms with Crippen molar-refractivity contribution >= 4 is 11.9 Å². The summed E-state index contributed by atoms with van der Waals surface area (Å²) in [6.45, 7) is 11.6. The maximum atomic E-state index is 12.2. The average molecular weight is 393 g/mol. The molecule has 0 bridgehead atoms. The molecule has 0 fully saturated rings. The predicted octanol–water partition coefficient (Wildman–Crippen LogP) is 2.43. The molecule has 0 aromatic heterocycles. The molecule has 28 heavy (non-hydrogen) atoms. The van der Waals surface area contributed by atoms with Crippen LogP contribution >= 0.6 is 0 Å². The van der Waals surface area contributed by atoms with E-state index in [4.69, 9.17) is 9.47 Å². The van der Waals surface area contributed by atoms with E-state index in [-0.39, 0.29) is 12.0 Å². The lowest BCUT2D eigenvalue weighted by molar-refractivity contribution is 0.0266. The molecule has 0 aliphatic heterocycles. The number of rotatable bonds is 12. The van der Waals surface area contributed by atoms with Gasteiger partial charge in [-0.3, -0.25) is 9.79 Å². The first-order valence-electron chi connectivity index (χ1n) is 10.1. The number of methoxy groups -OCH3 is 1. The minimum absolute atomic E-state index is 0.126. The quantitative estimate of drug-likeness (QED) is 0.289. The summed E-state index contributed by atoms with van der Waals surface area (Å²) in [6, 6.07) is 7.10. The molecule has 0 saturated heterocycles. The molecule has 0 spiro atoms. The van der Waals surface area contributed by atoms with Crippen molar-refractivity contribution in [1.29, 1.82) is 0 Å². The van der Waals surface area contributed by atoms with Crippen LogP contribution in [0.2, 0.25) is 0 Å². The van der Waals surface area contributed by atoms with Crippen LogP contribution in [-0.4, -0.2) is 57.9 Å². The Morgan fingerprint density at radius 3 is 2.54 bits per heavy atom. The Morgan fingerprint density at radius 2 is 1.89 bits per heavy atom. The molecule has 0 saturated carbocycles. The number of benzene rings is 1. The molecule has 1 aromatic rings. The van der Waals surface area contributed by atoms with Crippen LogP contribution in [0, 0.1) is 5.92 Å². The molecule has 1 unspecified atom stereocenters. The number of carbonyl (C=O) groups is 1. The van der Waals surface area contributed by atoms with Gasteiger partial charge in [0.05, 0.1) is 13.2 Å². The number of ether oxygens (including phenoxy) is 2. The van der Waals surface area contributed by atoms with Gasteiger partial charge < -0.3 is 25.4 Å². The van der Waals surface area contributed by atoms with Gasteiger partial charge in [0.25, 0.3) is 5.91 Å². The van der Waals surface area contributed by atoms with Crippen molar-refractivity contribution < 1.29 is 14.3 Å². The molecule has 7 heteroatoms. The van der Waals surface area contributed by atoms with Crippen molar-refractivity contribution in [2.45, 2.75) is 40.2 Å². The van der Waals surface area contributed by atoms with Gasteiger partial charge in [-0.2, -0.15) is 0 Å². The van der Waals surface area contributed by atoms with Gasteiger partial charge in [0.2, 0.25) is 0 Å². The summed E-state index contributed by atoms with van der Waals surface area (Å²) in [5.74, 6) is 1.76. The zero-order chi connectivity index (χ0) is 20.8. The molecule has 0 radical (unpaired) electrons. The Balaban J connectivity index is 2.42. The fraction of sp³-hybridized carbons (Fsp3) is 0.619. The fourth-order valence-electron chi connectivity index (χ4n) is 2.69. The molecule has 3 N–H and O–H groups in total. The standard InChI is InChI=1S/C21H36N4O3/c1-6-22-21(24-12-11-19(16(3)4)28-7-2)25-14-13-23-20(26)17-9-8-10-18(15-17)27-5/h8-10,15-16,19H,6-7,11-14H2,1-5H3,(H,23,26)(H2,22,24,25). The van der Waals surface area contributed by atoms with E-state index in [1.807, 2.05) is 19.9 Å². The summed E-state index contributed by atoms with van der Waals surface area (Å²) in [6.07, 6.45) is 1.10. The second-order valence-corrected chi connectivity index (χ2v) is 6.70. The van der Waals surface area contributed by atoms with E-state index < -0.39 is 0 Å². The minimum atomic E-state index is -0.126. The smallest absolute Gasteiger partial charge is 0.251 e. The number of hydrogen-bond donors (Lipinski definition) is 3. The molecule has 158 valence electrons.